The first-order valence-corrected chi connectivity index (χ1v) is 9.83. The van der Waals surface area contributed by atoms with Crippen LogP contribution in [-0.4, -0.2) is 58.7 Å². The van der Waals surface area contributed by atoms with Crippen molar-refractivity contribution in [2.24, 2.45) is 0 Å². The number of rotatable bonds is 4. The third-order valence-corrected chi connectivity index (χ3v) is 5.53. The van der Waals surface area contributed by atoms with E-state index in [9.17, 15) is 4.79 Å². The molecule has 152 valence electrons. The van der Waals surface area contributed by atoms with Gasteiger partial charge in [-0.15, -0.1) is 0 Å². The first kappa shape index (κ1) is 18.3. The van der Waals surface area contributed by atoms with E-state index in [2.05, 4.69) is 0 Å². The van der Waals surface area contributed by atoms with E-state index in [4.69, 9.17) is 23.7 Å². The van der Waals surface area contributed by atoms with Crippen LogP contribution in [0.5, 0.6) is 17.2 Å². The van der Waals surface area contributed by atoms with Gasteiger partial charge in [0.1, 0.15) is 19.0 Å². The monoisotopic (exact) mass is 397 g/mol. The molecule has 3 aliphatic heterocycles. The summed E-state index contributed by atoms with van der Waals surface area (Å²) in [6.07, 6.45) is -0.137. The van der Waals surface area contributed by atoms with Crippen LogP contribution in [0.15, 0.2) is 36.4 Å². The highest BCUT2D eigenvalue weighted by molar-refractivity contribution is 6.07. The quantitative estimate of drug-likeness (QED) is 0.789. The average Bonchev–Trinajstić information content (AvgIpc) is 3.05. The maximum Gasteiger partial charge on any atom is 0.239 e. The number of para-hydroxylation sites is 1. The van der Waals surface area contributed by atoms with Gasteiger partial charge in [-0.3, -0.25) is 4.79 Å². The standard InChI is InChI=1S/C22H23NO6/c1-25-18-11-20-19(28-8-9-29-20)10-16(18)21-15-4-2-3-5-17(15)23(22(21)24)12-14-13-26-6-7-27-14/h2-5,10-11,14,21H,6-9,12-13H2,1H3/t14-,21-/m0/s1. The fourth-order valence-corrected chi connectivity index (χ4v) is 4.21. The van der Waals surface area contributed by atoms with Crippen molar-refractivity contribution in [1.29, 1.82) is 0 Å². The summed E-state index contributed by atoms with van der Waals surface area (Å²) in [5.74, 6) is 1.42. The molecular formula is C22H23NO6. The lowest BCUT2D eigenvalue weighted by Gasteiger charge is -2.28. The Morgan fingerprint density at radius 3 is 2.59 bits per heavy atom. The number of carbonyl (C=O) groups excluding carboxylic acids is 1. The van der Waals surface area contributed by atoms with Gasteiger partial charge in [-0.25, -0.2) is 0 Å². The van der Waals surface area contributed by atoms with Gasteiger partial charge in [0.2, 0.25) is 5.91 Å². The molecule has 1 saturated heterocycles. The maximum atomic E-state index is 13.6. The van der Waals surface area contributed by atoms with E-state index < -0.39 is 5.92 Å². The molecule has 0 aliphatic carbocycles. The molecule has 7 nitrogen and oxygen atoms in total. The summed E-state index contributed by atoms with van der Waals surface area (Å²) in [4.78, 5) is 15.4. The highest BCUT2D eigenvalue weighted by Gasteiger charge is 2.41. The third-order valence-electron chi connectivity index (χ3n) is 5.53. The van der Waals surface area contributed by atoms with Crippen molar-refractivity contribution in [1.82, 2.24) is 0 Å². The lowest BCUT2D eigenvalue weighted by atomic mass is 9.91. The Labute approximate surface area is 169 Å². The topological polar surface area (TPSA) is 66.5 Å². The van der Waals surface area contributed by atoms with Gasteiger partial charge < -0.3 is 28.6 Å². The molecular weight excluding hydrogens is 374 g/mol. The van der Waals surface area contributed by atoms with Crippen LogP contribution in [0.25, 0.3) is 0 Å². The van der Waals surface area contributed by atoms with Crippen molar-refractivity contribution >= 4 is 11.6 Å². The molecule has 2 aromatic carbocycles. The second-order valence-electron chi connectivity index (χ2n) is 7.25. The molecule has 0 radical (unpaired) electrons. The van der Waals surface area contributed by atoms with Gasteiger partial charge in [0.25, 0.3) is 0 Å². The Bertz CT molecular complexity index is 924. The molecule has 3 heterocycles. The van der Waals surface area contributed by atoms with Crippen LogP contribution in [0.4, 0.5) is 5.69 Å². The Morgan fingerprint density at radius 2 is 1.83 bits per heavy atom. The van der Waals surface area contributed by atoms with E-state index in [1.54, 1.807) is 18.1 Å². The van der Waals surface area contributed by atoms with Crippen molar-refractivity contribution < 1.29 is 28.5 Å². The molecule has 7 heteroatoms. The molecule has 29 heavy (non-hydrogen) atoms. The van der Waals surface area contributed by atoms with E-state index in [1.165, 1.54) is 0 Å². The number of hydrogen-bond acceptors (Lipinski definition) is 6. The predicted molar refractivity (Wildman–Crippen MR) is 105 cm³/mol. The summed E-state index contributed by atoms with van der Waals surface area (Å²) < 4.78 is 28.3. The molecule has 2 aromatic rings. The Kier molecular flexibility index (Phi) is 4.77. The van der Waals surface area contributed by atoms with Crippen LogP contribution in [0.3, 0.4) is 0 Å². The highest BCUT2D eigenvalue weighted by atomic mass is 16.6. The summed E-state index contributed by atoms with van der Waals surface area (Å²) in [5, 5.41) is 0. The van der Waals surface area contributed by atoms with E-state index in [0.29, 0.717) is 56.8 Å². The molecule has 1 amide bonds. The number of carbonyl (C=O) groups is 1. The van der Waals surface area contributed by atoms with Crippen molar-refractivity contribution in [2.75, 3.05) is 51.6 Å². The number of ether oxygens (including phenoxy) is 5. The summed E-state index contributed by atoms with van der Waals surface area (Å²) in [6.45, 7) is 3.08. The minimum Gasteiger partial charge on any atom is -0.496 e. The van der Waals surface area contributed by atoms with E-state index in [1.807, 2.05) is 30.3 Å². The molecule has 0 aromatic heterocycles. The molecule has 1 fully saturated rings. The molecule has 0 unspecified atom stereocenters. The van der Waals surface area contributed by atoms with E-state index in [-0.39, 0.29) is 12.0 Å². The predicted octanol–water partition coefficient (Wildman–Crippen LogP) is 2.36. The number of benzene rings is 2. The minimum atomic E-state index is -0.471. The van der Waals surface area contributed by atoms with Crippen molar-refractivity contribution in [3.8, 4) is 17.2 Å². The van der Waals surface area contributed by atoms with E-state index >= 15 is 0 Å². The zero-order chi connectivity index (χ0) is 19.8. The summed E-state index contributed by atoms with van der Waals surface area (Å²) >= 11 is 0. The van der Waals surface area contributed by atoms with Crippen LogP contribution in [-0.2, 0) is 14.3 Å². The van der Waals surface area contributed by atoms with Crippen LogP contribution in [0.1, 0.15) is 17.0 Å². The fourth-order valence-electron chi connectivity index (χ4n) is 4.21. The van der Waals surface area contributed by atoms with Crippen LogP contribution >= 0.6 is 0 Å². The third kappa shape index (κ3) is 3.20. The lowest BCUT2D eigenvalue weighted by molar-refractivity contribution is -0.120. The molecule has 0 bridgehead atoms. The molecule has 0 spiro atoms. The fraction of sp³-hybridized carbons (Fsp3) is 0.409. The summed E-state index contributed by atoms with van der Waals surface area (Å²) in [7, 11) is 1.60. The van der Waals surface area contributed by atoms with Gasteiger partial charge in [-0.05, 0) is 17.7 Å². The molecule has 5 rings (SSSR count). The number of fused-ring (bicyclic) bond motifs is 2. The Hall–Kier alpha value is -2.77. The number of anilines is 1. The largest absolute Gasteiger partial charge is 0.496 e. The van der Waals surface area contributed by atoms with Gasteiger partial charge in [-0.1, -0.05) is 18.2 Å². The molecule has 3 aliphatic rings. The highest BCUT2D eigenvalue weighted by Crippen LogP contribution is 2.47. The van der Waals surface area contributed by atoms with Crippen molar-refractivity contribution in [3.05, 3.63) is 47.5 Å². The van der Waals surface area contributed by atoms with Gasteiger partial charge >= 0.3 is 0 Å². The normalized spacial score (nSPS) is 23.1. The van der Waals surface area contributed by atoms with Gasteiger partial charge in [0.05, 0.1) is 45.5 Å². The summed E-state index contributed by atoms with van der Waals surface area (Å²) in [6, 6.07) is 11.5. The molecule has 2 atom stereocenters. The number of methoxy groups -OCH3 is 1. The van der Waals surface area contributed by atoms with Crippen molar-refractivity contribution in [2.45, 2.75) is 12.0 Å². The second-order valence-corrected chi connectivity index (χ2v) is 7.25. The zero-order valence-electron chi connectivity index (χ0n) is 16.3. The minimum absolute atomic E-state index is 0.00430. The first-order chi connectivity index (χ1) is 14.3. The average molecular weight is 397 g/mol. The Balaban J connectivity index is 1.54. The van der Waals surface area contributed by atoms with E-state index in [0.717, 1.165) is 16.8 Å². The first-order valence-electron chi connectivity index (χ1n) is 9.83. The number of nitrogens with zero attached hydrogens (tertiary/aromatic N) is 1. The number of hydrogen-bond donors (Lipinski definition) is 0. The second kappa shape index (κ2) is 7.57. The summed E-state index contributed by atoms with van der Waals surface area (Å²) in [5.41, 5.74) is 2.62. The van der Waals surface area contributed by atoms with Gasteiger partial charge in [0.15, 0.2) is 11.5 Å². The smallest absolute Gasteiger partial charge is 0.239 e. The Morgan fingerprint density at radius 1 is 1.03 bits per heavy atom. The number of amides is 1. The van der Waals surface area contributed by atoms with Crippen LogP contribution in [0.2, 0.25) is 0 Å². The lowest BCUT2D eigenvalue weighted by Crippen LogP contribution is -2.42. The maximum absolute atomic E-state index is 13.6. The van der Waals surface area contributed by atoms with Crippen LogP contribution < -0.4 is 19.1 Å². The van der Waals surface area contributed by atoms with Gasteiger partial charge in [-0.2, -0.15) is 0 Å². The van der Waals surface area contributed by atoms with Crippen molar-refractivity contribution in [3.63, 3.8) is 0 Å². The SMILES string of the molecule is COc1cc2c(cc1[C@H]1C(=O)N(C[C@H]3COCCO3)c3ccccc31)OCCO2. The van der Waals surface area contributed by atoms with Crippen LogP contribution in [0, 0.1) is 0 Å². The molecule has 0 N–H and O–H groups in total. The van der Waals surface area contributed by atoms with Gasteiger partial charge in [0, 0.05) is 17.3 Å². The zero-order valence-corrected chi connectivity index (χ0v) is 16.3. The molecule has 0 saturated carbocycles.